The van der Waals surface area contributed by atoms with Gasteiger partial charge < -0.3 is 9.47 Å². The lowest BCUT2D eigenvalue weighted by atomic mass is 9.81. The van der Waals surface area contributed by atoms with Gasteiger partial charge in [-0.1, -0.05) is 0 Å². The molecule has 2 atom stereocenters. The van der Waals surface area contributed by atoms with E-state index in [0.29, 0.717) is 11.3 Å². The first kappa shape index (κ1) is 15.3. The van der Waals surface area contributed by atoms with Crippen LogP contribution in [0.2, 0.25) is 0 Å². The number of hydrogen-bond acceptors (Lipinski definition) is 6. The fourth-order valence-electron chi connectivity index (χ4n) is 2.42. The third-order valence-corrected chi connectivity index (χ3v) is 4.49. The van der Waals surface area contributed by atoms with Gasteiger partial charge in [-0.15, -0.1) is 11.3 Å². The summed E-state index contributed by atoms with van der Waals surface area (Å²) in [6.45, 7) is 5.54. The Labute approximate surface area is 127 Å². The Morgan fingerprint density at radius 1 is 1.57 bits per heavy atom. The molecule has 2 unspecified atom stereocenters. The van der Waals surface area contributed by atoms with Gasteiger partial charge in [0.05, 0.1) is 24.2 Å². The molecule has 0 amide bonds. The molecule has 2 heterocycles. The van der Waals surface area contributed by atoms with Crippen LogP contribution in [0.5, 0.6) is 0 Å². The number of nitriles is 1. The molecule has 0 fully saturated rings. The molecule has 110 valence electrons. The number of thiophene rings is 1. The summed E-state index contributed by atoms with van der Waals surface area (Å²) in [5, 5.41) is 19.2. The Kier molecular flexibility index (Phi) is 4.43. The lowest BCUT2D eigenvalue weighted by Crippen LogP contribution is -2.33. The summed E-state index contributed by atoms with van der Waals surface area (Å²) < 4.78 is 10.4. The van der Waals surface area contributed by atoms with Crippen molar-refractivity contribution in [2.24, 2.45) is 5.92 Å². The van der Waals surface area contributed by atoms with Crippen molar-refractivity contribution in [3.8, 4) is 6.07 Å². The molecule has 1 aromatic heterocycles. The lowest BCUT2D eigenvalue weighted by Gasteiger charge is -2.30. The molecule has 5 nitrogen and oxygen atoms in total. The van der Waals surface area contributed by atoms with Crippen LogP contribution < -0.4 is 0 Å². The zero-order valence-corrected chi connectivity index (χ0v) is 12.9. The highest BCUT2D eigenvalue weighted by Crippen LogP contribution is 2.42. The second-order valence-corrected chi connectivity index (χ2v) is 5.66. The summed E-state index contributed by atoms with van der Waals surface area (Å²) in [4.78, 5) is 13.2. The van der Waals surface area contributed by atoms with E-state index >= 15 is 0 Å². The van der Waals surface area contributed by atoms with Crippen LogP contribution in [-0.2, 0) is 14.3 Å². The maximum atomic E-state index is 12.3. The third kappa shape index (κ3) is 2.69. The standard InChI is InChI=1S/C15H16N2O3S/c1-4-19-15(18)11-9(3)20-14(17)10(7-16)12(11)13-8(2)5-6-21-13/h5-6,10,12,17H,4H2,1-3H3. The molecule has 2 rings (SSSR count). The van der Waals surface area contributed by atoms with E-state index in [9.17, 15) is 10.1 Å². The van der Waals surface area contributed by atoms with Gasteiger partial charge in [-0.05, 0) is 37.8 Å². The molecular formula is C15H16N2O3S. The van der Waals surface area contributed by atoms with Crippen LogP contribution in [0.15, 0.2) is 22.8 Å². The molecule has 0 spiro atoms. The van der Waals surface area contributed by atoms with Gasteiger partial charge in [0.15, 0.2) is 0 Å². The highest BCUT2D eigenvalue weighted by atomic mass is 32.1. The quantitative estimate of drug-likeness (QED) is 0.870. The van der Waals surface area contributed by atoms with Crippen LogP contribution in [-0.4, -0.2) is 18.5 Å². The van der Waals surface area contributed by atoms with Gasteiger partial charge in [-0.3, -0.25) is 5.41 Å². The molecule has 0 aromatic carbocycles. The number of nitrogens with one attached hydrogen (secondary N) is 1. The number of rotatable bonds is 3. The van der Waals surface area contributed by atoms with Gasteiger partial charge >= 0.3 is 5.97 Å². The van der Waals surface area contributed by atoms with Crippen molar-refractivity contribution in [2.75, 3.05) is 6.61 Å². The minimum atomic E-state index is -0.814. The first-order chi connectivity index (χ1) is 10.0. The van der Waals surface area contributed by atoms with Crippen LogP contribution in [0.3, 0.4) is 0 Å². The zero-order valence-electron chi connectivity index (χ0n) is 12.1. The number of carbonyl (C=O) groups is 1. The molecule has 6 heteroatoms. The van der Waals surface area contributed by atoms with Gasteiger partial charge in [0.1, 0.15) is 11.7 Å². The summed E-state index contributed by atoms with van der Waals surface area (Å²) >= 11 is 1.47. The molecule has 21 heavy (non-hydrogen) atoms. The molecule has 1 aromatic rings. The number of ether oxygens (including phenoxy) is 2. The predicted octanol–water partition coefficient (Wildman–Crippen LogP) is 3.12. The van der Waals surface area contributed by atoms with E-state index in [4.69, 9.17) is 14.9 Å². The largest absolute Gasteiger partial charge is 0.463 e. The lowest BCUT2D eigenvalue weighted by molar-refractivity contribution is -0.139. The highest BCUT2D eigenvalue weighted by molar-refractivity contribution is 7.10. The summed E-state index contributed by atoms with van der Waals surface area (Å²) in [7, 11) is 0. The monoisotopic (exact) mass is 304 g/mol. The smallest absolute Gasteiger partial charge is 0.338 e. The minimum absolute atomic E-state index is 0.124. The molecule has 1 aliphatic rings. The normalized spacial score (nSPS) is 21.7. The van der Waals surface area contributed by atoms with E-state index in [-0.39, 0.29) is 12.5 Å². The number of esters is 1. The van der Waals surface area contributed by atoms with Crippen molar-refractivity contribution in [3.05, 3.63) is 33.2 Å². The molecule has 0 saturated carbocycles. The Morgan fingerprint density at radius 2 is 2.29 bits per heavy atom. The Bertz CT molecular complexity index is 654. The van der Waals surface area contributed by atoms with Crippen LogP contribution >= 0.6 is 11.3 Å². The van der Waals surface area contributed by atoms with Crippen molar-refractivity contribution in [2.45, 2.75) is 26.7 Å². The van der Waals surface area contributed by atoms with Crippen molar-refractivity contribution in [1.29, 1.82) is 10.7 Å². The van der Waals surface area contributed by atoms with Gasteiger partial charge in [-0.25, -0.2) is 4.79 Å². The highest BCUT2D eigenvalue weighted by Gasteiger charge is 2.42. The summed E-state index contributed by atoms with van der Waals surface area (Å²) in [5.41, 5.74) is 1.33. The molecule has 1 N–H and O–H groups in total. The van der Waals surface area contributed by atoms with Crippen molar-refractivity contribution < 1.29 is 14.3 Å². The topological polar surface area (TPSA) is 83.2 Å². The number of nitrogens with zero attached hydrogens (tertiary/aromatic N) is 1. The van der Waals surface area contributed by atoms with E-state index in [1.807, 2.05) is 18.4 Å². The summed E-state index contributed by atoms with van der Waals surface area (Å²) in [6.07, 6.45) is 0. The fraction of sp³-hybridized carbons (Fsp3) is 0.400. The van der Waals surface area contributed by atoms with E-state index in [0.717, 1.165) is 10.4 Å². The van der Waals surface area contributed by atoms with Crippen molar-refractivity contribution in [1.82, 2.24) is 0 Å². The minimum Gasteiger partial charge on any atom is -0.463 e. The van der Waals surface area contributed by atoms with Gasteiger partial charge in [-0.2, -0.15) is 5.26 Å². The fourth-order valence-corrected chi connectivity index (χ4v) is 3.49. The number of carbonyl (C=O) groups excluding carboxylic acids is 1. The van der Waals surface area contributed by atoms with E-state index in [1.165, 1.54) is 11.3 Å². The van der Waals surface area contributed by atoms with Crippen LogP contribution in [0.25, 0.3) is 0 Å². The Balaban J connectivity index is 2.59. The number of hydrogen-bond donors (Lipinski definition) is 1. The summed E-state index contributed by atoms with van der Waals surface area (Å²) in [5.74, 6) is -1.59. The van der Waals surface area contributed by atoms with Crippen LogP contribution in [0, 0.1) is 29.6 Å². The summed E-state index contributed by atoms with van der Waals surface area (Å²) in [6, 6.07) is 4.02. The molecule has 0 bridgehead atoms. The predicted molar refractivity (Wildman–Crippen MR) is 79.0 cm³/mol. The Hall–Kier alpha value is -2.13. The third-order valence-electron chi connectivity index (χ3n) is 3.39. The van der Waals surface area contributed by atoms with Gasteiger partial charge in [0.25, 0.3) is 0 Å². The van der Waals surface area contributed by atoms with E-state index in [2.05, 4.69) is 6.07 Å². The molecule has 0 aliphatic carbocycles. The van der Waals surface area contributed by atoms with Gasteiger partial charge in [0.2, 0.25) is 5.90 Å². The van der Waals surface area contributed by atoms with Crippen molar-refractivity contribution in [3.63, 3.8) is 0 Å². The second kappa shape index (κ2) is 6.10. The van der Waals surface area contributed by atoms with Crippen molar-refractivity contribution >= 4 is 23.2 Å². The zero-order chi connectivity index (χ0) is 15.6. The van der Waals surface area contributed by atoms with E-state index in [1.54, 1.807) is 13.8 Å². The maximum Gasteiger partial charge on any atom is 0.338 e. The average Bonchev–Trinajstić information content (AvgIpc) is 2.84. The molecule has 1 aliphatic heterocycles. The Morgan fingerprint density at radius 3 is 2.81 bits per heavy atom. The van der Waals surface area contributed by atoms with E-state index < -0.39 is 17.8 Å². The first-order valence-electron chi connectivity index (χ1n) is 6.59. The molecule has 0 radical (unpaired) electrons. The molecular weight excluding hydrogens is 288 g/mol. The van der Waals surface area contributed by atoms with Gasteiger partial charge in [0, 0.05) is 4.88 Å². The maximum absolute atomic E-state index is 12.3. The van der Waals surface area contributed by atoms with Crippen LogP contribution in [0.1, 0.15) is 30.2 Å². The number of aryl methyl sites for hydroxylation is 1. The van der Waals surface area contributed by atoms with Crippen LogP contribution in [0.4, 0.5) is 0 Å². The average molecular weight is 304 g/mol. The SMILES string of the molecule is CCOC(=O)C1=C(C)OC(=N)C(C#N)C1c1sccc1C. The first-order valence-corrected chi connectivity index (χ1v) is 7.47. The second-order valence-electron chi connectivity index (χ2n) is 4.71. The molecule has 0 saturated heterocycles. The number of allylic oxidation sites excluding steroid dienone is 1.